The van der Waals surface area contributed by atoms with Crippen molar-refractivity contribution in [1.29, 1.82) is 0 Å². The van der Waals surface area contributed by atoms with Crippen LogP contribution in [-0.2, 0) is 4.79 Å². The molecule has 0 fully saturated rings. The lowest BCUT2D eigenvalue weighted by Crippen LogP contribution is -2.34. The molecule has 2 rings (SSSR count). The van der Waals surface area contributed by atoms with E-state index in [0.29, 0.717) is 17.8 Å². The predicted octanol–water partition coefficient (Wildman–Crippen LogP) is 4.16. The van der Waals surface area contributed by atoms with Gasteiger partial charge in [0.05, 0.1) is 4.92 Å². The van der Waals surface area contributed by atoms with E-state index in [-0.39, 0.29) is 27.8 Å². The Balaban J connectivity index is 2.02. The van der Waals surface area contributed by atoms with Crippen molar-refractivity contribution in [3.8, 4) is 0 Å². The van der Waals surface area contributed by atoms with Gasteiger partial charge in [0.25, 0.3) is 11.6 Å². The van der Waals surface area contributed by atoms with E-state index in [9.17, 15) is 19.7 Å². The Hall–Kier alpha value is -3.33. The van der Waals surface area contributed by atoms with E-state index < -0.39 is 10.8 Å². The maximum Gasteiger partial charge on any atom is 0.273 e. The number of thiocarbonyl (C=S) groups is 1. The van der Waals surface area contributed by atoms with Crippen LogP contribution < -0.4 is 16.0 Å². The summed E-state index contributed by atoms with van der Waals surface area (Å²) in [5.74, 6) is -0.617. The van der Waals surface area contributed by atoms with Gasteiger partial charge >= 0.3 is 0 Å². The summed E-state index contributed by atoms with van der Waals surface area (Å²) in [5, 5.41) is 19.3. The zero-order valence-corrected chi connectivity index (χ0v) is 17.0. The van der Waals surface area contributed by atoms with Gasteiger partial charge in [0.1, 0.15) is 0 Å². The van der Waals surface area contributed by atoms with Crippen molar-refractivity contribution in [1.82, 2.24) is 5.32 Å². The summed E-state index contributed by atoms with van der Waals surface area (Å²) >= 11 is 5.16. The van der Waals surface area contributed by atoms with Crippen LogP contribution in [-0.4, -0.2) is 21.9 Å². The molecular formula is C20H22N4O4S. The molecule has 0 aliphatic heterocycles. The van der Waals surface area contributed by atoms with Gasteiger partial charge in [0, 0.05) is 35.0 Å². The summed E-state index contributed by atoms with van der Waals surface area (Å²) in [6, 6.07) is 11.2. The standard InChI is InChI=1S/C20H22N4O4S/c1-3-4-11-18(25)21-14-7-5-8-15(12-14)22-20(29)23-19(26)16-9-6-10-17(13(16)2)24(27)28/h5-10,12H,3-4,11H2,1-2H3,(H,21,25)(H2,22,23,26,29). The zero-order chi connectivity index (χ0) is 21.4. The third-order valence-corrected chi connectivity index (χ3v) is 4.34. The van der Waals surface area contributed by atoms with Crippen LogP contribution >= 0.6 is 12.2 Å². The van der Waals surface area contributed by atoms with E-state index in [1.165, 1.54) is 25.1 Å². The Morgan fingerprint density at radius 3 is 2.41 bits per heavy atom. The van der Waals surface area contributed by atoms with Crippen LogP contribution in [0.25, 0.3) is 0 Å². The molecule has 2 aromatic rings. The number of nitrogens with one attached hydrogen (secondary N) is 3. The number of nitro benzene ring substituents is 1. The fourth-order valence-corrected chi connectivity index (χ4v) is 2.85. The summed E-state index contributed by atoms with van der Waals surface area (Å²) < 4.78 is 0. The number of hydrogen-bond donors (Lipinski definition) is 3. The van der Waals surface area contributed by atoms with Gasteiger partial charge in [-0.1, -0.05) is 25.5 Å². The molecule has 2 amide bonds. The van der Waals surface area contributed by atoms with E-state index >= 15 is 0 Å². The maximum atomic E-state index is 12.4. The van der Waals surface area contributed by atoms with E-state index in [1.54, 1.807) is 24.3 Å². The van der Waals surface area contributed by atoms with Gasteiger partial charge in [-0.3, -0.25) is 25.0 Å². The highest BCUT2D eigenvalue weighted by Crippen LogP contribution is 2.21. The van der Waals surface area contributed by atoms with Crippen LogP contribution in [0.4, 0.5) is 17.1 Å². The molecule has 0 aliphatic rings. The van der Waals surface area contributed by atoms with Crippen molar-refractivity contribution in [3.63, 3.8) is 0 Å². The summed E-state index contributed by atoms with van der Waals surface area (Å²) in [5.41, 5.74) is 1.48. The minimum absolute atomic E-state index is 0.0374. The van der Waals surface area contributed by atoms with Gasteiger partial charge in [-0.25, -0.2) is 0 Å². The number of anilines is 2. The highest BCUT2D eigenvalue weighted by Gasteiger charge is 2.18. The Morgan fingerprint density at radius 1 is 1.10 bits per heavy atom. The number of unbranched alkanes of at least 4 members (excludes halogenated alkanes) is 1. The van der Waals surface area contributed by atoms with Gasteiger partial charge in [0.2, 0.25) is 5.91 Å². The third-order valence-electron chi connectivity index (χ3n) is 4.14. The second kappa shape index (κ2) is 10.3. The van der Waals surface area contributed by atoms with Gasteiger partial charge in [0.15, 0.2) is 5.11 Å². The van der Waals surface area contributed by atoms with Gasteiger partial charge in [-0.2, -0.15) is 0 Å². The molecule has 0 heterocycles. The molecule has 8 nitrogen and oxygen atoms in total. The Kier molecular flexibility index (Phi) is 7.79. The Bertz CT molecular complexity index is 946. The van der Waals surface area contributed by atoms with Gasteiger partial charge in [-0.05, 0) is 49.8 Å². The number of hydrogen-bond acceptors (Lipinski definition) is 5. The number of carbonyl (C=O) groups excluding carboxylic acids is 2. The first-order chi connectivity index (χ1) is 13.8. The van der Waals surface area contributed by atoms with Crippen LogP contribution in [0.5, 0.6) is 0 Å². The summed E-state index contributed by atoms with van der Waals surface area (Å²) in [6.07, 6.45) is 2.20. The molecule has 0 bridgehead atoms. The molecule has 152 valence electrons. The fraction of sp³-hybridized carbons (Fsp3) is 0.250. The van der Waals surface area contributed by atoms with E-state index in [4.69, 9.17) is 12.2 Å². The van der Waals surface area contributed by atoms with Crippen LogP contribution in [0.15, 0.2) is 42.5 Å². The topological polar surface area (TPSA) is 113 Å². The molecule has 2 aromatic carbocycles. The van der Waals surface area contributed by atoms with Crippen molar-refractivity contribution in [2.75, 3.05) is 10.6 Å². The summed E-state index contributed by atoms with van der Waals surface area (Å²) in [6.45, 7) is 3.52. The lowest BCUT2D eigenvalue weighted by Gasteiger charge is -2.12. The molecule has 3 N–H and O–H groups in total. The summed E-state index contributed by atoms with van der Waals surface area (Å²) in [4.78, 5) is 34.8. The normalized spacial score (nSPS) is 10.1. The average Bonchev–Trinajstić information content (AvgIpc) is 2.66. The number of rotatable bonds is 7. The van der Waals surface area contributed by atoms with Crippen molar-refractivity contribution >= 4 is 46.2 Å². The predicted molar refractivity (Wildman–Crippen MR) is 116 cm³/mol. The van der Waals surface area contributed by atoms with E-state index in [1.807, 2.05) is 6.92 Å². The molecule has 29 heavy (non-hydrogen) atoms. The third kappa shape index (κ3) is 6.35. The van der Waals surface area contributed by atoms with Gasteiger partial charge in [-0.15, -0.1) is 0 Å². The van der Waals surface area contributed by atoms with Crippen LogP contribution in [0.2, 0.25) is 0 Å². The van der Waals surface area contributed by atoms with E-state index in [0.717, 1.165) is 12.8 Å². The number of amides is 2. The van der Waals surface area contributed by atoms with Crippen LogP contribution in [0, 0.1) is 17.0 Å². The molecule has 0 saturated carbocycles. The SMILES string of the molecule is CCCCC(=O)Nc1cccc(NC(=S)NC(=O)c2cccc([N+](=O)[O-])c2C)c1. The molecule has 0 saturated heterocycles. The Morgan fingerprint density at radius 2 is 1.76 bits per heavy atom. The molecular weight excluding hydrogens is 392 g/mol. The largest absolute Gasteiger partial charge is 0.332 e. The first-order valence-electron chi connectivity index (χ1n) is 9.08. The second-order valence-corrected chi connectivity index (χ2v) is 6.76. The zero-order valence-electron chi connectivity index (χ0n) is 16.2. The van der Waals surface area contributed by atoms with Crippen molar-refractivity contribution < 1.29 is 14.5 Å². The Labute approximate surface area is 173 Å². The lowest BCUT2D eigenvalue weighted by atomic mass is 10.1. The number of nitro groups is 1. The highest BCUT2D eigenvalue weighted by atomic mass is 32.1. The number of carbonyl (C=O) groups is 2. The number of nitrogens with zero attached hydrogens (tertiary/aromatic N) is 1. The monoisotopic (exact) mass is 414 g/mol. The molecule has 9 heteroatoms. The van der Waals surface area contributed by atoms with Crippen molar-refractivity contribution in [2.24, 2.45) is 0 Å². The molecule has 0 unspecified atom stereocenters. The molecule has 0 radical (unpaired) electrons. The first kappa shape index (κ1) is 22.0. The van der Waals surface area contributed by atoms with Crippen molar-refractivity contribution in [2.45, 2.75) is 33.1 Å². The average molecular weight is 414 g/mol. The van der Waals surface area contributed by atoms with E-state index in [2.05, 4.69) is 16.0 Å². The van der Waals surface area contributed by atoms with Crippen molar-refractivity contribution in [3.05, 3.63) is 63.7 Å². The fourth-order valence-electron chi connectivity index (χ4n) is 2.64. The number of benzene rings is 2. The summed E-state index contributed by atoms with van der Waals surface area (Å²) in [7, 11) is 0. The van der Waals surface area contributed by atoms with Crippen LogP contribution in [0.1, 0.15) is 42.1 Å². The van der Waals surface area contributed by atoms with Crippen LogP contribution in [0.3, 0.4) is 0 Å². The second-order valence-electron chi connectivity index (χ2n) is 6.35. The molecule has 0 spiro atoms. The molecule has 0 atom stereocenters. The first-order valence-corrected chi connectivity index (χ1v) is 9.49. The highest BCUT2D eigenvalue weighted by molar-refractivity contribution is 7.80. The minimum Gasteiger partial charge on any atom is -0.332 e. The van der Waals surface area contributed by atoms with Gasteiger partial charge < -0.3 is 10.6 Å². The quantitative estimate of drug-likeness (QED) is 0.356. The molecule has 0 aliphatic carbocycles. The maximum absolute atomic E-state index is 12.4. The smallest absolute Gasteiger partial charge is 0.273 e. The minimum atomic E-state index is -0.548. The molecule has 0 aromatic heterocycles. The lowest BCUT2D eigenvalue weighted by molar-refractivity contribution is -0.385.